The third kappa shape index (κ3) is 3.06. The minimum Gasteiger partial charge on any atom is -0.397 e. The van der Waals surface area contributed by atoms with Gasteiger partial charge in [-0.3, -0.25) is 4.79 Å². The van der Waals surface area contributed by atoms with Crippen molar-refractivity contribution in [2.45, 2.75) is 18.9 Å². The zero-order valence-corrected chi connectivity index (χ0v) is 13.9. The Kier molecular flexibility index (Phi) is 4.88. The van der Waals surface area contributed by atoms with E-state index in [-0.39, 0.29) is 19.1 Å². The molecule has 0 atom stereocenters. The predicted molar refractivity (Wildman–Crippen MR) is 88.6 cm³/mol. The summed E-state index contributed by atoms with van der Waals surface area (Å²) in [6.07, 6.45) is 0.419. The fourth-order valence-corrected chi connectivity index (χ4v) is 3.36. The fourth-order valence-electron chi connectivity index (χ4n) is 2.00. The Morgan fingerprint density at radius 3 is 2.67 bits per heavy atom. The Bertz CT molecular complexity index is 659. The molecule has 0 aliphatic rings. The van der Waals surface area contributed by atoms with Gasteiger partial charge in [-0.15, -0.1) is 11.3 Å². The van der Waals surface area contributed by atoms with Gasteiger partial charge in [-0.1, -0.05) is 22.9 Å². The molecule has 1 aromatic carbocycles. The van der Waals surface area contributed by atoms with Crippen LogP contribution in [0.25, 0.3) is 10.1 Å². The van der Waals surface area contributed by atoms with Crippen molar-refractivity contribution in [3.05, 3.63) is 27.5 Å². The number of hydrogen-bond donors (Lipinski definition) is 4. The fraction of sp³-hybridized carbons (Fsp3) is 0.357. The summed E-state index contributed by atoms with van der Waals surface area (Å²) in [7, 11) is 0. The second-order valence-corrected chi connectivity index (χ2v) is 6.86. The molecule has 5 nitrogen and oxygen atoms in total. The van der Waals surface area contributed by atoms with E-state index in [1.165, 1.54) is 11.3 Å². The van der Waals surface area contributed by atoms with Crippen LogP contribution in [0.4, 0.5) is 5.69 Å². The van der Waals surface area contributed by atoms with Gasteiger partial charge < -0.3 is 21.3 Å². The van der Waals surface area contributed by atoms with E-state index in [0.717, 1.165) is 14.6 Å². The van der Waals surface area contributed by atoms with Crippen molar-refractivity contribution in [3.8, 4) is 0 Å². The number of rotatable bonds is 5. The summed E-state index contributed by atoms with van der Waals surface area (Å²) >= 11 is 4.67. The van der Waals surface area contributed by atoms with Gasteiger partial charge in [0.1, 0.15) is 4.88 Å². The molecule has 0 aliphatic heterocycles. The number of nitrogen functional groups attached to an aromatic ring is 1. The normalized spacial score (nSPS) is 11.8. The van der Waals surface area contributed by atoms with Gasteiger partial charge >= 0.3 is 0 Å². The number of benzene rings is 1. The molecule has 21 heavy (non-hydrogen) atoms. The van der Waals surface area contributed by atoms with E-state index in [2.05, 4.69) is 21.2 Å². The molecule has 0 bridgehead atoms. The Morgan fingerprint density at radius 1 is 1.43 bits per heavy atom. The van der Waals surface area contributed by atoms with Crippen LogP contribution in [-0.4, -0.2) is 34.9 Å². The molecule has 0 fully saturated rings. The highest BCUT2D eigenvalue weighted by atomic mass is 79.9. The lowest BCUT2D eigenvalue weighted by Crippen LogP contribution is -2.53. The SMILES string of the molecule is CCC(CO)(CO)NC(=O)c1sc2ccc(Br)cc2c1N. The molecule has 0 saturated heterocycles. The monoisotopic (exact) mass is 372 g/mol. The van der Waals surface area contributed by atoms with E-state index >= 15 is 0 Å². The number of nitrogens with two attached hydrogens (primary N) is 1. The number of amides is 1. The largest absolute Gasteiger partial charge is 0.397 e. The molecule has 2 aromatic rings. The summed E-state index contributed by atoms with van der Waals surface area (Å²) in [5.74, 6) is -0.380. The number of anilines is 1. The van der Waals surface area contributed by atoms with Crippen LogP contribution in [-0.2, 0) is 0 Å². The molecule has 0 unspecified atom stereocenters. The Morgan fingerprint density at radius 2 is 2.10 bits per heavy atom. The van der Waals surface area contributed by atoms with Gasteiger partial charge in [0.25, 0.3) is 5.91 Å². The summed E-state index contributed by atoms with van der Waals surface area (Å²) in [4.78, 5) is 12.8. The number of halogens is 1. The number of carbonyl (C=O) groups excluding carboxylic acids is 1. The maximum atomic E-state index is 12.4. The number of aliphatic hydroxyl groups excluding tert-OH is 2. The van der Waals surface area contributed by atoms with E-state index in [0.29, 0.717) is 17.0 Å². The van der Waals surface area contributed by atoms with Crippen molar-refractivity contribution in [1.82, 2.24) is 5.32 Å². The molecule has 5 N–H and O–H groups in total. The van der Waals surface area contributed by atoms with Crippen molar-refractivity contribution in [1.29, 1.82) is 0 Å². The molecule has 7 heteroatoms. The minimum atomic E-state index is -1.03. The van der Waals surface area contributed by atoms with Crippen molar-refractivity contribution in [2.75, 3.05) is 18.9 Å². The van der Waals surface area contributed by atoms with Gasteiger partial charge in [0, 0.05) is 14.6 Å². The highest BCUT2D eigenvalue weighted by Gasteiger charge is 2.30. The molecule has 0 spiro atoms. The number of aliphatic hydroxyl groups is 2. The van der Waals surface area contributed by atoms with Crippen LogP contribution in [0.2, 0.25) is 0 Å². The van der Waals surface area contributed by atoms with E-state index < -0.39 is 5.54 Å². The number of fused-ring (bicyclic) bond motifs is 1. The van der Waals surface area contributed by atoms with E-state index in [1.54, 1.807) is 6.92 Å². The standard InChI is InChI=1S/C14H17BrN2O3S/c1-2-14(6-18,7-19)17-13(20)12-11(16)9-5-8(15)3-4-10(9)21-12/h3-5,18-19H,2,6-7,16H2,1H3,(H,17,20). The van der Waals surface area contributed by atoms with Crippen LogP contribution in [0.15, 0.2) is 22.7 Å². The molecule has 0 radical (unpaired) electrons. The van der Waals surface area contributed by atoms with Crippen LogP contribution in [0.1, 0.15) is 23.0 Å². The molecule has 1 heterocycles. The number of hydrogen-bond acceptors (Lipinski definition) is 5. The Balaban J connectivity index is 2.38. The highest BCUT2D eigenvalue weighted by molar-refractivity contribution is 9.10. The van der Waals surface area contributed by atoms with Crippen molar-refractivity contribution in [3.63, 3.8) is 0 Å². The smallest absolute Gasteiger partial charge is 0.264 e. The minimum absolute atomic E-state index is 0.331. The van der Waals surface area contributed by atoms with Crippen LogP contribution in [0, 0.1) is 0 Å². The van der Waals surface area contributed by atoms with Crippen LogP contribution < -0.4 is 11.1 Å². The summed E-state index contributed by atoms with van der Waals surface area (Å²) in [6, 6.07) is 5.64. The zero-order valence-electron chi connectivity index (χ0n) is 11.5. The second-order valence-electron chi connectivity index (χ2n) is 4.89. The molecule has 0 aliphatic carbocycles. The average molecular weight is 373 g/mol. The summed E-state index contributed by atoms with van der Waals surface area (Å²) in [6.45, 7) is 1.13. The third-order valence-corrected chi connectivity index (χ3v) is 5.23. The first-order valence-electron chi connectivity index (χ1n) is 6.48. The van der Waals surface area contributed by atoms with Crippen LogP contribution in [0.3, 0.4) is 0 Å². The second kappa shape index (κ2) is 6.31. The van der Waals surface area contributed by atoms with Gasteiger partial charge in [0.05, 0.1) is 24.4 Å². The van der Waals surface area contributed by atoms with Gasteiger partial charge in [0.2, 0.25) is 0 Å². The maximum Gasteiger partial charge on any atom is 0.264 e. The lowest BCUT2D eigenvalue weighted by Gasteiger charge is -2.29. The molecule has 1 aromatic heterocycles. The molecular formula is C14H17BrN2O3S. The number of thiophene rings is 1. The summed E-state index contributed by atoms with van der Waals surface area (Å²) in [5, 5.41) is 22.3. The predicted octanol–water partition coefficient (Wildman–Crippen LogP) is 2.11. The van der Waals surface area contributed by atoms with Gasteiger partial charge in [0.15, 0.2) is 0 Å². The van der Waals surface area contributed by atoms with Gasteiger partial charge in [-0.05, 0) is 24.6 Å². The quantitative estimate of drug-likeness (QED) is 0.646. The lowest BCUT2D eigenvalue weighted by atomic mass is 9.98. The first-order valence-corrected chi connectivity index (χ1v) is 8.09. The number of nitrogens with one attached hydrogen (secondary N) is 1. The van der Waals surface area contributed by atoms with Crippen LogP contribution in [0.5, 0.6) is 0 Å². The summed E-state index contributed by atoms with van der Waals surface area (Å²) in [5.41, 5.74) is 5.44. The molecule has 2 rings (SSSR count). The van der Waals surface area contributed by atoms with Crippen molar-refractivity contribution >= 4 is 48.9 Å². The van der Waals surface area contributed by atoms with Gasteiger partial charge in [-0.2, -0.15) is 0 Å². The van der Waals surface area contributed by atoms with E-state index in [4.69, 9.17) is 5.73 Å². The lowest BCUT2D eigenvalue weighted by molar-refractivity contribution is 0.0657. The first kappa shape index (κ1) is 16.2. The molecule has 1 amide bonds. The number of carbonyl (C=O) groups is 1. The summed E-state index contributed by atoms with van der Waals surface area (Å²) < 4.78 is 1.80. The highest BCUT2D eigenvalue weighted by Crippen LogP contribution is 2.35. The Labute approximate surface area is 134 Å². The third-order valence-electron chi connectivity index (χ3n) is 3.56. The topological polar surface area (TPSA) is 95.6 Å². The van der Waals surface area contributed by atoms with Gasteiger partial charge in [-0.25, -0.2) is 0 Å². The maximum absolute atomic E-state index is 12.4. The first-order chi connectivity index (χ1) is 9.96. The van der Waals surface area contributed by atoms with Crippen molar-refractivity contribution in [2.24, 2.45) is 0 Å². The average Bonchev–Trinajstić information content (AvgIpc) is 2.82. The van der Waals surface area contributed by atoms with E-state index in [1.807, 2.05) is 18.2 Å². The molecule has 114 valence electrons. The van der Waals surface area contributed by atoms with E-state index in [9.17, 15) is 15.0 Å². The molecule has 0 saturated carbocycles. The van der Waals surface area contributed by atoms with Crippen molar-refractivity contribution < 1.29 is 15.0 Å². The zero-order chi connectivity index (χ0) is 15.6. The Hall–Kier alpha value is -1.15. The molecular weight excluding hydrogens is 356 g/mol. The van der Waals surface area contributed by atoms with Crippen LogP contribution >= 0.6 is 27.3 Å².